The van der Waals surface area contributed by atoms with Gasteiger partial charge in [-0.25, -0.2) is 5.06 Å². The van der Waals surface area contributed by atoms with E-state index in [4.69, 9.17) is 0 Å². The fourth-order valence-corrected chi connectivity index (χ4v) is 2.04. The number of hydrogen-bond acceptors (Lipinski definition) is 4. The Morgan fingerprint density at radius 2 is 1.23 bits per heavy atom. The van der Waals surface area contributed by atoms with Gasteiger partial charge < -0.3 is 0 Å². The molecule has 22 heavy (non-hydrogen) atoms. The van der Waals surface area contributed by atoms with Crippen molar-refractivity contribution in [3.05, 3.63) is 84.9 Å². The van der Waals surface area contributed by atoms with Crippen molar-refractivity contribution < 1.29 is 5.21 Å². The summed E-state index contributed by atoms with van der Waals surface area (Å²) in [5.41, 5.74) is 2.61. The molecule has 0 bridgehead atoms. The molecule has 0 atom stereocenters. The van der Waals surface area contributed by atoms with Crippen molar-refractivity contribution in [3.8, 4) is 0 Å². The number of benzene rings is 3. The van der Waals surface area contributed by atoms with Gasteiger partial charge in [-0.15, -0.1) is 5.11 Å². The Hall–Kier alpha value is -2.98. The Morgan fingerprint density at radius 3 is 1.95 bits per heavy atom. The number of anilines is 2. The molecule has 0 aliphatic rings. The number of hydrogen-bond donors (Lipinski definition) is 1. The highest BCUT2D eigenvalue weighted by Crippen LogP contribution is 2.33. The van der Waals surface area contributed by atoms with E-state index in [2.05, 4.69) is 10.2 Å². The van der Waals surface area contributed by atoms with Crippen LogP contribution in [0.15, 0.2) is 95.2 Å². The van der Waals surface area contributed by atoms with Crippen LogP contribution >= 0.6 is 0 Å². The summed E-state index contributed by atoms with van der Waals surface area (Å²) in [7, 11) is 0. The summed E-state index contributed by atoms with van der Waals surface area (Å²) in [6.45, 7) is 0. The number of nitrogens with zero attached hydrogens (tertiary/aromatic N) is 3. The summed E-state index contributed by atoms with van der Waals surface area (Å²) >= 11 is 0. The van der Waals surface area contributed by atoms with E-state index in [0.29, 0.717) is 17.1 Å². The molecule has 0 aliphatic heterocycles. The molecule has 0 aromatic heterocycles. The Kier molecular flexibility index (Phi) is 4.22. The summed E-state index contributed by atoms with van der Waals surface area (Å²) in [4.78, 5) is 0. The zero-order valence-corrected chi connectivity index (χ0v) is 11.9. The first-order valence-corrected chi connectivity index (χ1v) is 6.94. The van der Waals surface area contributed by atoms with Crippen LogP contribution in [-0.2, 0) is 0 Å². The van der Waals surface area contributed by atoms with Crippen LogP contribution in [0.2, 0.25) is 0 Å². The van der Waals surface area contributed by atoms with Crippen LogP contribution in [0, 0.1) is 0 Å². The Bertz CT molecular complexity index is 758. The summed E-state index contributed by atoms with van der Waals surface area (Å²) in [5, 5.41) is 20.0. The molecule has 0 spiro atoms. The lowest BCUT2D eigenvalue weighted by atomic mass is 10.2. The van der Waals surface area contributed by atoms with E-state index in [-0.39, 0.29) is 0 Å². The Balaban J connectivity index is 1.92. The van der Waals surface area contributed by atoms with Gasteiger partial charge in [0, 0.05) is 0 Å². The van der Waals surface area contributed by atoms with Crippen molar-refractivity contribution in [2.75, 3.05) is 5.06 Å². The maximum atomic E-state index is 10.4. The molecule has 4 heteroatoms. The molecule has 0 fully saturated rings. The minimum absolute atomic E-state index is 0.577. The van der Waals surface area contributed by atoms with Crippen molar-refractivity contribution in [1.29, 1.82) is 0 Å². The maximum absolute atomic E-state index is 10.4. The Morgan fingerprint density at radius 1 is 0.636 bits per heavy atom. The van der Waals surface area contributed by atoms with Crippen LogP contribution in [0.4, 0.5) is 22.7 Å². The molecule has 3 aromatic rings. The van der Waals surface area contributed by atoms with Crippen molar-refractivity contribution in [2.45, 2.75) is 0 Å². The summed E-state index contributed by atoms with van der Waals surface area (Å²) in [6.07, 6.45) is 0. The molecule has 0 amide bonds. The average Bonchev–Trinajstić information content (AvgIpc) is 2.61. The standard InChI is InChI=1S/C18H15N3O/c22-21(16-11-5-2-6-12-16)18-14-8-7-13-17(18)20-19-15-9-3-1-4-10-15/h1-14,22H. The first kappa shape index (κ1) is 14.0. The van der Waals surface area contributed by atoms with Gasteiger partial charge in [0.05, 0.1) is 17.1 Å². The van der Waals surface area contributed by atoms with Gasteiger partial charge in [-0.2, -0.15) is 5.11 Å². The van der Waals surface area contributed by atoms with Crippen molar-refractivity contribution in [3.63, 3.8) is 0 Å². The monoisotopic (exact) mass is 289 g/mol. The van der Waals surface area contributed by atoms with Gasteiger partial charge >= 0.3 is 0 Å². The molecule has 1 N–H and O–H groups in total. The molecule has 3 rings (SSSR count). The highest BCUT2D eigenvalue weighted by molar-refractivity contribution is 5.72. The van der Waals surface area contributed by atoms with Crippen LogP contribution in [0.3, 0.4) is 0 Å². The zero-order chi connectivity index (χ0) is 15.2. The number of azo groups is 1. The zero-order valence-electron chi connectivity index (χ0n) is 11.9. The van der Waals surface area contributed by atoms with E-state index >= 15 is 0 Å². The molecule has 0 aliphatic carbocycles. The van der Waals surface area contributed by atoms with Gasteiger partial charge in [0.15, 0.2) is 0 Å². The smallest absolute Gasteiger partial charge is 0.112 e. The highest BCUT2D eigenvalue weighted by atomic mass is 16.5. The maximum Gasteiger partial charge on any atom is 0.112 e. The van der Waals surface area contributed by atoms with E-state index in [1.54, 1.807) is 6.07 Å². The SMILES string of the molecule is ON(c1ccccc1)c1ccccc1N=Nc1ccccc1. The fraction of sp³-hybridized carbons (Fsp3) is 0. The van der Waals surface area contributed by atoms with Crippen LogP contribution in [0.25, 0.3) is 0 Å². The third kappa shape index (κ3) is 3.19. The Labute approximate surface area is 129 Å². The molecule has 0 unspecified atom stereocenters. The second-order valence-electron chi connectivity index (χ2n) is 4.67. The molecule has 108 valence electrons. The quantitative estimate of drug-likeness (QED) is 0.500. The number of rotatable bonds is 4. The summed E-state index contributed by atoms with van der Waals surface area (Å²) < 4.78 is 0. The van der Waals surface area contributed by atoms with Gasteiger partial charge in [-0.05, 0) is 36.4 Å². The number of para-hydroxylation sites is 2. The van der Waals surface area contributed by atoms with E-state index in [0.717, 1.165) is 10.8 Å². The lowest BCUT2D eigenvalue weighted by molar-refractivity contribution is 0.301. The van der Waals surface area contributed by atoms with E-state index in [1.807, 2.05) is 78.9 Å². The molecule has 0 radical (unpaired) electrons. The largest absolute Gasteiger partial charge is 0.283 e. The van der Waals surface area contributed by atoms with Gasteiger partial charge in [0.1, 0.15) is 5.69 Å². The highest BCUT2D eigenvalue weighted by Gasteiger charge is 2.10. The van der Waals surface area contributed by atoms with Crippen LogP contribution < -0.4 is 5.06 Å². The van der Waals surface area contributed by atoms with Gasteiger partial charge in [0.25, 0.3) is 0 Å². The average molecular weight is 289 g/mol. The molecule has 0 heterocycles. The van der Waals surface area contributed by atoms with Crippen LogP contribution in [-0.4, -0.2) is 5.21 Å². The molecule has 3 aromatic carbocycles. The minimum Gasteiger partial charge on any atom is -0.283 e. The predicted molar refractivity (Wildman–Crippen MR) is 87.4 cm³/mol. The van der Waals surface area contributed by atoms with Gasteiger partial charge in [0.2, 0.25) is 0 Å². The van der Waals surface area contributed by atoms with E-state index in [9.17, 15) is 5.21 Å². The molecular formula is C18H15N3O. The third-order valence-electron chi connectivity index (χ3n) is 3.14. The van der Waals surface area contributed by atoms with Crippen molar-refractivity contribution >= 4 is 22.7 Å². The predicted octanol–water partition coefficient (Wildman–Crippen LogP) is 5.63. The molecular weight excluding hydrogens is 274 g/mol. The lowest BCUT2D eigenvalue weighted by Crippen LogP contribution is -2.10. The van der Waals surface area contributed by atoms with Crippen LogP contribution in [0.5, 0.6) is 0 Å². The first-order valence-electron chi connectivity index (χ1n) is 6.94. The molecule has 0 saturated heterocycles. The fourth-order valence-electron chi connectivity index (χ4n) is 2.04. The lowest BCUT2D eigenvalue weighted by Gasteiger charge is -2.18. The van der Waals surface area contributed by atoms with E-state index in [1.165, 1.54) is 0 Å². The van der Waals surface area contributed by atoms with Crippen molar-refractivity contribution in [1.82, 2.24) is 0 Å². The van der Waals surface area contributed by atoms with Gasteiger partial charge in [-0.3, -0.25) is 5.21 Å². The topological polar surface area (TPSA) is 48.2 Å². The summed E-state index contributed by atoms with van der Waals surface area (Å²) in [5.74, 6) is 0. The van der Waals surface area contributed by atoms with E-state index < -0.39 is 0 Å². The third-order valence-corrected chi connectivity index (χ3v) is 3.14. The summed E-state index contributed by atoms with van der Waals surface area (Å²) in [6, 6.07) is 26.1. The molecule has 0 saturated carbocycles. The van der Waals surface area contributed by atoms with Crippen molar-refractivity contribution in [2.24, 2.45) is 10.2 Å². The minimum atomic E-state index is 0.577. The second kappa shape index (κ2) is 6.65. The molecule has 4 nitrogen and oxygen atoms in total. The van der Waals surface area contributed by atoms with Gasteiger partial charge in [-0.1, -0.05) is 48.5 Å². The normalized spacial score (nSPS) is 10.8. The second-order valence-corrected chi connectivity index (χ2v) is 4.67. The first-order chi connectivity index (χ1) is 10.8. The van der Waals surface area contributed by atoms with Crippen LogP contribution in [0.1, 0.15) is 0 Å².